The Morgan fingerprint density at radius 2 is 1.93 bits per heavy atom. The van der Waals surface area contributed by atoms with Crippen LogP contribution in [-0.2, 0) is 19.6 Å². The molecule has 0 amide bonds. The number of aliphatic carboxylic acids is 1. The molecule has 2 saturated heterocycles. The van der Waals surface area contributed by atoms with E-state index in [-0.39, 0.29) is 5.41 Å². The van der Waals surface area contributed by atoms with E-state index in [1.165, 1.54) is 38.5 Å². The van der Waals surface area contributed by atoms with Gasteiger partial charge in [0.1, 0.15) is 0 Å². The maximum atomic E-state index is 11.4. The van der Waals surface area contributed by atoms with Crippen molar-refractivity contribution in [3.05, 3.63) is 0 Å². The van der Waals surface area contributed by atoms with Gasteiger partial charge in [-0.1, -0.05) is 12.8 Å². The third-order valence-electron chi connectivity index (χ3n) is 5.51. The summed E-state index contributed by atoms with van der Waals surface area (Å²) in [5.41, 5.74) is 0.00167. The minimum atomic E-state index is -5.08. The first-order valence-corrected chi connectivity index (χ1v) is 10.9. The van der Waals surface area contributed by atoms with Crippen LogP contribution in [-0.4, -0.2) is 76.2 Å². The number of sulfonamides is 1. The SMILES string of the molecule is CS(=O)(=O)NC[C@]12COC[C@H]1CN(CC1CCCC1)C2.O=C(O)C(F)(F)F. The van der Waals surface area contributed by atoms with Gasteiger partial charge in [0.05, 0.1) is 19.5 Å². The summed E-state index contributed by atoms with van der Waals surface area (Å²) in [5.74, 6) is -1.42. The van der Waals surface area contributed by atoms with Gasteiger partial charge < -0.3 is 14.7 Å². The highest BCUT2D eigenvalue weighted by Gasteiger charge is 2.50. The predicted molar refractivity (Wildman–Crippen MR) is 91.7 cm³/mol. The highest BCUT2D eigenvalue weighted by Crippen LogP contribution is 2.41. The van der Waals surface area contributed by atoms with Crippen molar-refractivity contribution in [3.63, 3.8) is 0 Å². The molecule has 2 N–H and O–H groups in total. The second kappa shape index (κ2) is 8.62. The van der Waals surface area contributed by atoms with Crippen LogP contribution in [0.2, 0.25) is 0 Å². The van der Waals surface area contributed by atoms with Gasteiger partial charge >= 0.3 is 12.1 Å². The maximum Gasteiger partial charge on any atom is 0.490 e. The van der Waals surface area contributed by atoms with Gasteiger partial charge in [-0.15, -0.1) is 0 Å². The molecule has 0 unspecified atom stereocenters. The van der Waals surface area contributed by atoms with Crippen molar-refractivity contribution in [2.45, 2.75) is 31.9 Å². The van der Waals surface area contributed by atoms with Crippen LogP contribution in [0, 0.1) is 17.3 Å². The number of halogens is 3. The number of rotatable bonds is 5. The normalized spacial score (nSPS) is 29.4. The lowest BCUT2D eigenvalue weighted by Crippen LogP contribution is -2.43. The van der Waals surface area contributed by atoms with E-state index in [2.05, 4.69) is 9.62 Å². The molecule has 3 fully saturated rings. The fourth-order valence-electron chi connectivity index (χ4n) is 4.16. The second-order valence-corrected chi connectivity index (χ2v) is 9.65. The van der Waals surface area contributed by atoms with Gasteiger partial charge in [-0.3, -0.25) is 0 Å². The molecule has 27 heavy (non-hydrogen) atoms. The van der Waals surface area contributed by atoms with E-state index < -0.39 is 22.2 Å². The van der Waals surface area contributed by atoms with Crippen molar-refractivity contribution >= 4 is 16.0 Å². The summed E-state index contributed by atoms with van der Waals surface area (Å²) in [4.78, 5) is 11.4. The Labute approximate surface area is 157 Å². The van der Waals surface area contributed by atoms with Crippen LogP contribution >= 0.6 is 0 Å². The Morgan fingerprint density at radius 3 is 2.44 bits per heavy atom. The summed E-state index contributed by atoms with van der Waals surface area (Å²) in [6.45, 7) is 5.25. The van der Waals surface area contributed by atoms with Gasteiger partial charge in [-0.2, -0.15) is 13.2 Å². The zero-order chi connectivity index (χ0) is 20.3. The fraction of sp³-hybridized carbons (Fsp3) is 0.938. The number of alkyl halides is 3. The minimum absolute atomic E-state index is 0.00167. The van der Waals surface area contributed by atoms with E-state index >= 15 is 0 Å². The van der Waals surface area contributed by atoms with Crippen molar-refractivity contribution < 1.29 is 36.2 Å². The maximum absolute atomic E-state index is 11.4. The molecule has 1 saturated carbocycles. The highest BCUT2D eigenvalue weighted by atomic mass is 32.2. The van der Waals surface area contributed by atoms with Crippen LogP contribution in [0.3, 0.4) is 0 Å². The van der Waals surface area contributed by atoms with Gasteiger partial charge in [0.2, 0.25) is 10.0 Å². The summed E-state index contributed by atoms with van der Waals surface area (Å²) >= 11 is 0. The molecule has 7 nitrogen and oxygen atoms in total. The lowest BCUT2D eigenvalue weighted by Gasteiger charge is -2.28. The minimum Gasteiger partial charge on any atom is -0.475 e. The summed E-state index contributed by atoms with van der Waals surface area (Å²) in [7, 11) is -3.12. The van der Waals surface area contributed by atoms with Crippen molar-refractivity contribution in [2.75, 3.05) is 45.6 Å². The van der Waals surface area contributed by atoms with Gasteiger partial charge in [0.25, 0.3) is 0 Å². The van der Waals surface area contributed by atoms with Gasteiger partial charge in [-0.25, -0.2) is 17.9 Å². The number of carboxylic acid groups (broad SMARTS) is 1. The Balaban J connectivity index is 0.000000321. The predicted octanol–water partition coefficient (Wildman–Crippen LogP) is 1.31. The molecular weight excluding hydrogens is 389 g/mol. The summed E-state index contributed by atoms with van der Waals surface area (Å²) in [6, 6.07) is 0. The number of fused-ring (bicyclic) bond motifs is 1. The molecule has 0 spiro atoms. The largest absolute Gasteiger partial charge is 0.490 e. The Bertz CT molecular complexity index is 622. The number of nitrogens with one attached hydrogen (secondary N) is 1. The molecule has 3 rings (SSSR count). The van der Waals surface area contributed by atoms with Gasteiger partial charge in [0.15, 0.2) is 0 Å². The van der Waals surface area contributed by atoms with Crippen molar-refractivity contribution in [1.82, 2.24) is 9.62 Å². The lowest BCUT2D eigenvalue weighted by atomic mass is 9.81. The molecule has 0 radical (unpaired) electrons. The molecular formula is C16H27F3N2O5S. The lowest BCUT2D eigenvalue weighted by molar-refractivity contribution is -0.192. The number of nitrogens with zero attached hydrogens (tertiary/aromatic N) is 1. The average Bonchev–Trinajstić information content (AvgIpc) is 3.20. The third kappa shape index (κ3) is 6.58. The molecule has 3 aliphatic rings. The quantitative estimate of drug-likeness (QED) is 0.702. The number of likely N-dealkylation sites (tertiary alicyclic amines) is 1. The molecule has 158 valence electrons. The molecule has 1 aliphatic carbocycles. The molecule has 0 aromatic carbocycles. The molecule has 2 heterocycles. The summed E-state index contributed by atoms with van der Waals surface area (Å²) < 4.78 is 62.8. The molecule has 0 aromatic rings. The first-order chi connectivity index (χ1) is 12.4. The molecule has 11 heteroatoms. The van der Waals surface area contributed by atoms with E-state index in [4.69, 9.17) is 14.6 Å². The fourth-order valence-corrected chi connectivity index (χ4v) is 4.71. The van der Waals surface area contributed by atoms with Gasteiger partial charge in [-0.05, 0) is 18.8 Å². The number of carbonyl (C=O) groups is 1. The Hall–Kier alpha value is -0.910. The molecule has 2 aliphatic heterocycles. The highest BCUT2D eigenvalue weighted by molar-refractivity contribution is 7.88. The zero-order valence-corrected chi connectivity index (χ0v) is 16.1. The smallest absolute Gasteiger partial charge is 0.475 e. The van der Waals surface area contributed by atoms with Crippen LogP contribution in [0.25, 0.3) is 0 Å². The number of carboxylic acids is 1. The average molecular weight is 416 g/mol. The van der Waals surface area contributed by atoms with Crippen LogP contribution in [0.15, 0.2) is 0 Å². The Morgan fingerprint density at radius 1 is 1.33 bits per heavy atom. The van der Waals surface area contributed by atoms with E-state index in [0.717, 1.165) is 25.6 Å². The number of ether oxygens (including phenoxy) is 1. The molecule has 0 bridgehead atoms. The van der Waals surface area contributed by atoms with Gasteiger partial charge in [0, 0.05) is 37.5 Å². The van der Waals surface area contributed by atoms with Crippen LogP contribution in [0.4, 0.5) is 13.2 Å². The van der Waals surface area contributed by atoms with E-state index in [1.54, 1.807) is 0 Å². The first kappa shape index (κ1) is 22.4. The van der Waals surface area contributed by atoms with E-state index in [0.29, 0.717) is 19.1 Å². The third-order valence-corrected chi connectivity index (χ3v) is 6.18. The van der Waals surface area contributed by atoms with Crippen molar-refractivity contribution in [2.24, 2.45) is 17.3 Å². The topological polar surface area (TPSA) is 95.9 Å². The Kier molecular flexibility index (Phi) is 7.15. The monoisotopic (exact) mass is 416 g/mol. The van der Waals surface area contributed by atoms with Crippen LogP contribution in [0.1, 0.15) is 25.7 Å². The van der Waals surface area contributed by atoms with Crippen molar-refractivity contribution in [3.8, 4) is 0 Å². The number of hydrogen-bond donors (Lipinski definition) is 2. The molecule has 2 atom stereocenters. The first-order valence-electron chi connectivity index (χ1n) is 8.96. The molecule has 0 aromatic heterocycles. The van der Waals surface area contributed by atoms with Crippen molar-refractivity contribution in [1.29, 1.82) is 0 Å². The second-order valence-electron chi connectivity index (χ2n) is 7.82. The van der Waals surface area contributed by atoms with E-state index in [9.17, 15) is 21.6 Å². The standard InChI is InChI=1S/C14H26N2O3S.C2HF3O2/c1-20(17,18)15-9-14-10-16(6-12-4-2-3-5-12)7-13(14)8-19-11-14;3-2(4,5)1(6)7/h12-13,15H,2-11H2,1H3;(H,6,7)/t13-,14+;/m1./s1. The van der Waals surface area contributed by atoms with Crippen LogP contribution in [0.5, 0.6) is 0 Å². The summed E-state index contributed by atoms with van der Waals surface area (Å²) in [5, 5.41) is 7.12. The van der Waals surface area contributed by atoms with E-state index in [1.807, 2.05) is 0 Å². The number of hydrogen-bond acceptors (Lipinski definition) is 5. The summed E-state index contributed by atoms with van der Waals surface area (Å²) in [6.07, 6.45) is 1.65. The zero-order valence-electron chi connectivity index (χ0n) is 15.3. The van der Waals surface area contributed by atoms with Crippen LogP contribution < -0.4 is 4.72 Å².